The summed E-state index contributed by atoms with van der Waals surface area (Å²) in [5.74, 6) is -0.996. The topological polar surface area (TPSA) is 92.5 Å². The van der Waals surface area contributed by atoms with E-state index in [0.29, 0.717) is 12.2 Å². The number of carbonyl (C=O) groups excluding carboxylic acids is 3. The first kappa shape index (κ1) is 13.2. The zero-order valence-electron chi connectivity index (χ0n) is 10.4. The molecule has 0 bridgehead atoms. The van der Waals surface area contributed by atoms with E-state index in [2.05, 4.69) is 5.32 Å². The van der Waals surface area contributed by atoms with Crippen LogP contribution in [0.2, 0.25) is 0 Å². The lowest BCUT2D eigenvalue weighted by molar-refractivity contribution is -0.141. The van der Waals surface area contributed by atoms with Gasteiger partial charge in [0.15, 0.2) is 0 Å². The molecule has 1 aromatic carbocycles. The number of rotatable bonds is 4. The molecule has 0 atom stereocenters. The Morgan fingerprint density at radius 3 is 2.47 bits per heavy atom. The Bertz CT molecular complexity index is 512. The molecule has 19 heavy (non-hydrogen) atoms. The van der Waals surface area contributed by atoms with Crippen molar-refractivity contribution in [1.82, 2.24) is 4.90 Å². The number of benzene rings is 1. The smallest absolute Gasteiger partial charge is 0.244 e. The number of anilines is 1. The summed E-state index contributed by atoms with van der Waals surface area (Å²) in [6, 6.07) is 7.14. The highest BCUT2D eigenvalue weighted by atomic mass is 16.2. The maximum Gasteiger partial charge on any atom is 0.244 e. The Labute approximate surface area is 110 Å². The predicted octanol–water partition coefficient (Wildman–Crippen LogP) is 0.233. The van der Waals surface area contributed by atoms with Gasteiger partial charge in [0.1, 0.15) is 6.54 Å². The van der Waals surface area contributed by atoms with Crippen molar-refractivity contribution in [3.05, 3.63) is 29.8 Å². The summed E-state index contributed by atoms with van der Waals surface area (Å²) < 4.78 is 0. The number of amides is 3. The molecule has 1 heterocycles. The van der Waals surface area contributed by atoms with Crippen molar-refractivity contribution in [2.45, 2.75) is 19.4 Å². The summed E-state index contributed by atoms with van der Waals surface area (Å²) in [4.78, 5) is 35.6. The van der Waals surface area contributed by atoms with Gasteiger partial charge in [-0.15, -0.1) is 0 Å². The van der Waals surface area contributed by atoms with Crippen LogP contribution in [0.1, 0.15) is 18.4 Å². The molecular weight excluding hydrogens is 246 g/mol. The molecule has 1 aliphatic rings. The van der Waals surface area contributed by atoms with Crippen molar-refractivity contribution in [3.63, 3.8) is 0 Å². The third-order valence-electron chi connectivity index (χ3n) is 2.97. The number of para-hydroxylation sites is 1. The summed E-state index contributed by atoms with van der Waals surface area (Å²) in [6.07, 6.45) is 0.372. The average molecular weight is 261 g/mol. The molecule has 6 heteroatoms. The van der Waals surface area contributed by atoms with Gasteiger partial charge in [0.05, 0.1) is 0 Å². The maximum absolute atomic E-state index is 11.8. The summed E-state index contributed by atoms with van der Waals surface area (Å²) in [5, 5.41) is 2.66. The second kappa shape index (κ2) is 5.62. The quantitative estimate of drug-likeness (QED) is 0.759. The normalized spacial score (nSPS) is 14.9. The van der Waals surface area contributed by atoms with Gasteiger partial charge in [0.25, 0.3) is 0 Å². The minimum atomic E-state index is -0.399. The Kier molecular flexibility index (Phi) is 3.91. The average Bonchev–Trinajstić information content (AvgIpc) is 2.71. The van der Waals surface area contributed by atoms with Crippen LogP contribution in [0.4, 0.5) is 5.69 Å². The number of imide groups is 1. The Balaban J connectivity index is 2.01. The van der Waals surface area contributed by atoms with Gasteiger partial charge in [-0.3, -0.25) is 19.3 Å². The number of likely N-dealkylation sites (tertiary alicyclic amines) is 1. The number of nitrogens with one attached hydrogen (secondary N) is 1. The molecule has 0 aromatic heterocycles. The molecule has 0 spiro atoms. The molecule has 1 aromatic rings. The number of nitrogens with two attached hydrogens (primary N) is 1. The zero-order chi connectivity index (χ0) is 13.8. The van der Waals surface area contributed by atoms with E-state index in [1.165, 1.54) is 0 Å². The molecule has 0 unspecified atom stereocenters. The molecule has 1 fully saturated rings. The highest BCUT2D eigenvalue weighted by Crippen LogP contribution is 2.15. The predicted molar refractivity (Wildman–Crippen MR) is 68.9 cm³/mol. The van der Waals surface area contributed by atoms with Gasteiger partial charge in [-0.1, -0.05) is 18.2 Å². The summed E-state index contributed by atoms with van der Waals surface area (Å²) in [6.45, 7) is 0.0641. The lowest BCUT2D eigenvalue weighted by Gasteiger charge is -2.14. The van der Waals surface area contributed by atoms with Crippen LogP contribution in [0.5, 0.6) is 0 Å². The largest absolute Gasteiger partial charge is 0.326 e. The standard InChI is InChI=1S/C13H15N3O3/c14-7-9-3-1-2-4-10(9)15-11(17)8-16-12(18)5-6-13(16)19/h1-4H,5-8,14H2,(H,15,17). The summed E-state index contributed by atoms with van der Waals surface area (Å²) in [7, 11) is 0. The van der Waals surface area contributed by atoms with E-state index in [-0.39, 0.29) is 31.2 Å². The Morgan fingerprint density at radius 1 is 1.21 bits per heavy atom. The molecule has 6 nitrogen and oxygen atoms in total. The highest BCUT2D eigenvalue weighted by molar-refractivity contribution is 6.06. The van der Waals surface area contributed by atoms with E-state index in [1.807, 2.05) is 12.1 Å². The van der Waals surface area contributed by atoms with Gasteiger partial charge in [-0.05, 0) is 11.6 Å². The van der Waals surface area contributed by atoms with E-state index < -0.39 is 5.91 Å². The molecule has 1 aliphatic heterocycles. The molecule has 0 radical (unpaired) electrons. The third kappa shape index (κ3) is 2.97. The summed E-state index contributed by atoms with van der Waals surface area (Å²) in [5.41, 5.74) is 6.97. The maximum atomic E-state index is 11.8. The minimum Gasteiger partial charge on any atom is -0.326 e. The van der Waals surface area contributed by atoms with Gasteiger partial charge in [-0.25, -0.2) is 0 Å². The van der Waals surface area contributed by atoms with Gasteiger partial charge in [-0.2, -0.15) is 0 Å². The Hall–Kier alpha value is -2.21. The number of hydrogen-bond donors (Lipinski definition) is 2. The number of carbonyl (C=O) groups is 3. The third-order valence-corrected chi connectivity index (χ3v) is 2.97. The highest BCUT2D eigenvalue weighted by Gasteiger charge is 2.30. The van der Waals surface area contributed by atoms with Crippen molar-refractivity contribution < 1.29 is 14.4 Å². The van der Waals surface area contributed by atoms with Crippen molar-refractivity contribution in [2.75, 3.05) is 11.9 Å². The van der Waals surface area contributed by atoms with Gasteiger partial charge in [0, 0.05) is 25.1 Å². The van der Waals surface area contributed by atoms with Crippen LogP contribution in [-0.4, -0.2) is 29.2 Å². The van der Waals surface area contributed by atoms with Crippen LogP contribution in [0, 0.1) is 0 Å². The number of nitrogens with zero attached hydrogens (tertiary/aromatic N) is 1. The van der Waals surface area contributed by atoms with E-state index in [0.717, 1.165) is 10.5 Å². The number of hydrogen-bond acceptors (Lipinski definition) is 4. The van der Waals surface area contributed by atoms with Crippen LogP contribution in [0.15, 0.2) is 24.3 Å². The lowest BCUT2D eigenvalue weighted by Crippen LogP contribution is -2.37. The fraction of sp³-hybridized carbons (Fsp3) is 0.308. The van der Waals surface area contributed by atoms with Crippen molar-refractivity contribution in [3.8, 4) is 0 Å². The lowest BCUT2D eigenvalue weighted by atomic mass is 10.2. The molecule has 1 saturated heterocycles. The van der Waals surface area contributed by atoms with Crippen molar-refractivity contribution in [2.24, 2.45) is 5.73 Å². The first-order valence-electron chi connectivity index (χ1n) is 6.03. The first-order valence-corrected chi connectivity index (χ1v) is 6.03. The van der Waals surface area contributed by atoms with Gasteiger partial charge >= 0.3 is 0 Å². The van der Waals surface area contributed by atoms with Gasteiger partial charge in [0.2, 0.25) is 17.7 Å². The molecule has 2 rings (SSSR count). The van der Waals surface area contributed by atoms with Crippen LogP contribution in [0.3, 0.4) is 0 Å². The SMILES string of the molecule is NCc1ccccc1NC(=O)CN1C(=O)CCC1=O. The minimum absolute atomic E-state index is 0.186. The molecule has 100 valence electrons. The van der Waals surface area contributed by atoms with Crippen molar-refractivity contribution >= 4 is 23.4 Å². The van der Waals surface area contributed by atoms with Crippen LogP contribution in [-0.2, 0) is 20.9 Å². The fourth-order valence-corrected chi connectivity index (χ4v) is 1.95. The van der Waals surface area contributed by atoms with Crippen LogP contribution < -0.4 is 11.1 Å². The van der Waals surface area contributed by atoms with Crippen molar-refractivity contribution in [1.29, 1.82) is 0 Å². The zero-order valence-corrected chi connectivity index (χ0v) is 10.4. The monoisotopic (exact) mass is 261 g/mol. The molecule has 0 saturated carbocycles. The van der Waals surface area contributed by atoms with Crippen LogP contribution >= 0.6 is 0 Å². The molecule has 3 N–H and O–H groups in total. The van der Waals surface area contributed by atoms with E-state index in [1.54, 1.807) is 12.1 Å². The Morgan fingerprint density at radius 2 is 1.84 bits per heavy atom. The van der Waals surface area contributed by atoms with Crippen LogP contribution in [0.25, 0.3) is 0 Å². The molecule has 3 amide bonds. The van der Waals surface area contributed by atoms with E-state index >= 15 is 0 Å². The summed E-state index contributed by atoms with van der Waals surface area (Å²) >= 11 is 0. The van der Waals surface area contributed by atoms with Gasteiger partial charge < -0.3 is 11.1 Å². The second-order valence-electron chi connectivity index (χ2n) is 4.28. The molecule has 0 aliphatic carbocycles. The first-order chi connectivity index (χ1) is 9.11. The fourth-order valence-electron chi connectivity index (χ4n) is 1.95. The molecular formula is C13H15N3O3. The van der Waals surface area contributed by atoms with E-state index in [4.69, 9.17) is 5.73 Å². The van der Waals surface area contributed by atoms with E-state index in [9.17, 15) is 14.4 Å². The second-order valence-corrected chi connectivity index (χ2v) is 4.28.